The summed E-state index contributed by atoms with van der Waals surface area (Å²) in [6, 6.07) is 19.5. The van der Waals surface area contributed by atoms with E-state index >= 15 is 0 Å². The summed E-state index contributed by atoms with van der Waals surface area (Å²) in [5, 5.41) is 4.77. The maximum Gasteiger partial charge on any atom is 0.269 e. The van der Waals surface area contributed by atoms with E-state index in [4.69, 9.17) is 0 Å². The van der Waals surface area contributed by atoms with Gasteiger partial charge in [-0.25, -0.2) is 12.7 Å². The van der Waals surface area contributed by atoms with E-state index in [9.17, 15) is 18.0 Å². The van der Waals surface area contributed by atoms with E-state index in [1.54, 1.807) is 12.1 Å². The molecule has 0 aliphatic carbocycles. The Kier molecular flexibility index (Phi) is 4.16. The second-order valence-corrected chi connectivity index (χ2v) is 8.06. The smallest absolute Gasteiger partial charge is 0.269 e. The van der Waals surface area contributed by atoms with Crippen molar-refractivity contribution >= 4 is 32.6 Å². The molecule has 0 saturated heterocycles. The van der Waals surface area contributed by atoms with E-state index in [1.165, 1.54) is 12.1 Å². The van der Waals surface area contributed by atoms with Gasteiger partial charge in [-0.15, -0.1) is 0 Å². The van der Waals surface area contributed by atoms with Crippen molar-refractivity contribution in [3.05, 3.63) is 77.9 Å². The fourth-order valence-corrected chi connectivity index (χ4v) is 4.74. The molecular weight excluding hydrogens is 364 g/mol. The van der Waals surface area contributed by atoms with Gasteiger partial charge in [-0.3, -0.25) is 9.59 Å². The quantitative estimate of drug-likeness (QED) is 0.753. The summed E-state index contributed by atoms with van der Waals surface area (Å²) in [6.45, 7) is -0.296. The van der Waals surface area contributed by atoms with Crippen LogP contribution in [0.4, 0.5) is 0 Å². The molecule has 27 heavy (non-hydrogen) atoms. The highest BCUT2D eigenvalue weighted by atomic mass is 32.2. The summed E-state index contributed by atoms with van der Waals surface area (Å²) >= 11 is 0. The number of nitrogens with one attached hydrogen (secondary N) is 1. The minimum absolute atomic E-state index is 0.0585. The van der Waals surface area contributed by atoms with Gasteiger partial charge in [0.15, 0.2) is 0 Å². The Hall–Kier alpha value is -3.19. The van der Waals surface area contributed by atoms with Crippen LogP contribution >= 0.6 is 0 Å². The van der Waals surface area contributed by atoms with Gasteiger partial charge in [-0.05, 0) is 28.5 Å². The molecule has 0 aromatic heterocycles. The average Bonchev–Trinajstić information content (AvgIpc) is 2.87. The standard InChI is InChI=1S/C20H16N2O4S/c23-19(21-12-15-8-5-7-14-6-1-2-9-16(14)15)13-22-20(24)17-10-3-4-11-18(17)27(22,25)26/h1-11H,12-13H2,(H,21,23). The van der Waals surface area contributed by atoms with Crippen molar-refractivity contribution in [1.29, 1.82) is 0 Å². The van der Waals surface area contributed by atoms with E-state index in [0.717, 1.165) is 16.3 Å². The molecule has 7 heteroatoms. The number of benzene rings is 3. The first-order valence-electron chi connectivity index (χ1n) is 8.38. The third-order valence-electron chi connectivity index (χ3n) is 4.56. The van der Waals surface area contributed by atoms with Gasteiger partial charge in [-0.2, -0.15) is 0 Å². The molecule has 1 N–H and O–H groups in total. The van der Waals surface area contributed by atoms with Gasteiger partial charge in [0.2, 0.25) is 5.91 Å². The maximum absolute atomic E-state index is 12.5. The normalized spacial score (nSPS) is 15.0. The second-order valence-electron chi connectivity index (χ2n) is 6.23. The number of fused-ring (bicyclic) bond motifs is 2. The minimum Gasteiger partial charge on any atom is -0.350 e. The first-order valence-corrected chi connectivity index (χ1v) is 9.82. The molecule has 3 aromatic rings. The van der Waals surface area contributed by atoms with Gasteiger partial charge >= 0.3 is 0 Å². The number of sulfonamides is 1. The Morgan fingerprint density at radius 3 is 2.44 bits per heavy atom. The molecule has 1 aliphatic rings. The fraction of sp³-hybridized carbons (Fsp3) is 0.100. The van der Waals surface area contributed by atoms with E-state index in [0.29, 0.717) is 4.31 Å². The topological polar surface area (TPSA) is 83.6 Å². The average molecular weight is 380 g/mol. The summed E-state index contributed by atoms with van der Waals surface area (Å²) in [5.41, 5.74) is 1.01. The van der Waals surface area contributed by atoms with Crippen LogP contribution in [0.2, 0.25) is 0 Å². The fourth-order valence-electron chi connectivity index (χ4n) is 3.21. The van der Waals surface area contributed by atoms with E-state index < -0.39 is 28.4 Å². The summed E-state index contributed by atoms with van der Waals surface area (Å²) in [7, 11) is -3.99. The largest absolute Gasteiger partial charge is 0.350 e. The van der Waals surface area contributed by atoms with Gasteiger partial charge in [0.05, 0.1) is 5.56 Å². The van der Waals surface area contributed by atoms with Crippen molar-refractivity contribution in [2.45, 2.75) is 11.4 Å². The predicted octanol–water partition coefficient (Wildman–Crippen LogP) is 2.30. The first kappa shape index (κ1) is 17.2. The summed E-state index contributed by atoms with van der Waals surface area (Å²) < 4.78 is 25.6. The van der Waals surface area contributed by atoms with Crippen LogP contribution in [0.15, 0.2) is 71.6 Å². The molecule has 136 valence electrons. The number of rotatable bonds is 4. The summed E-state index contributed by atoms with van der Waals surface area (Å²) in [5.74, 6) is -1.21. The maximum atomic E-state index is 12.5. The minimum atomic E-state index is -3.99. The molecule has 0 unspecified atom stereocenters. The number of hydrogen-bond donors (Lipinski definition) is 1. The van der Waals surface area contributed by atoms with Crippen molar-refractivity contribution in [3.63, 3.8) is 0 Å². The zero-order chi connectivity index (χ0) is 19.0. The van der Waals surface area contributed by atoms with Crippen molar-refractivity contribution in [2.24, 2.45) is 0 Å². The van der Waals surface area contributed by atoms with Crippen molar-refractivity contribution in [1.82, 2.24) is 9.62 Å². The SMILES string of the molecule is O=C(CN1C(=O)c2ccccc2S1(=O)=O)NCc1cccc2ccccc12. The van der Waals surface area contributed by atoms with Crippen LogP contribution in [0.5, 0.6) is 0 Å². The summed E-state index contributed by atoms with van der Waals surface area (Å²) in [6.07, 6.45) is 0. The molecule has 0 saturated carbocycles. The van der Waals surface area contributed by atoms with Gasteiger partial charge in [-0.1, -0.05) is 54.6 Å². The zero-order valence-electron chi connectivity index (χ0n) is 14.3. The highest BCUT2D eigenvalue weighted by Gasteiger charge is 2.41. The van der Waals surface area contributed by atoms with E-state index in [1.807, 2.05) is 42.5 Å². The van der Waals surface area contributed by atoms with Gasteiger partial charge in [0.25, 0.3) is 15.9 Å². The molecule has 2 amide bonds. The molecule has 1 aliphatic heterocycles. The molecule has 3 aromatic carbocycles. The third-order valence-corrected chi connectivity index (χ3v) is 6.34. The van der Waals surface area contributed by atoms with Crippen LogP contribution < -0.4 is 5.32 Å². The Morgan fingerprint density at radius 1 is 0.926 bits per heavy atom. The second kappa shape index (κ2) is 6.51. The number of amides is 2. The Labute approximate surface area is 156 Å². The zero-order valence-corrected chi connectivity index (χ0v) is 15.1. The molecular formula is C20H16N2O4S. The van der Waals surface area contributed by atoms with Crippen molar-refractivity contribution in [3.8, 4) is 0 Å². The molecule has 0 fully saturated rings. The van der Waals surface area contributed by atoms with Gasteiger partial charge in [0, 0.05) is 6.54 Å². The molecule has 0 bridgehead atoms. The van der Waals surface area contributed by atoms with Crippen LogP contribution in [-0.2, 0) is 21.4 Å². The first-order chi connectivity index (χ1) is 13.0. The lowest BCUT2D eigenvalue weighted by molar-refractivity contribution is -0.121. The van der Waals surface area contributed by atoms with Gasteiger partial charge in [0.1, 0.15) is 11.4 Å². The van der Waals surface area contributed by atoms with Crippen LogP contribution in [0.3, 0.4) is 0 Å². The van der Waals surface area contributed by atoms with Gasteiger partial charge < -0.3 is 5.32 Å². The molecule has 1 heterocycles. The Morgan fingerprint density at radius 2 is 1.63 bits per heavy atom. The van der Waals surface area contributed by atoms with Crippen molar-refractivity contribution in [2.75, 3.05) is 6.54 Å². The van der Waals surface area contributed by atoms with Crippen LogP contribution in [0.1, 0.15) is 15.9 Å². The predicted molar refractivity (Wildman–Crippen MR) is 100 cm³/mol. The monoisotopic (exact) mass is 380 g/mol. The molecule has 4 rings (SSSR count). The Bertz CT molecular complexity index is 1170. The molecule has 0 radical (unpaired) electrons. The third kappa shape index (κ3) is 2.96. The highest BCUT2D eigenvalue weighted by Crippen LogP contribution is 2.29. The van der Waals surface area contributed by atoms with E-state index in [2.05, 4.69) is 5.32 Å². The van der Waals surface area contributed by atoms with Crippen molar-refractivity contribution < 1.29 is 18.0 Å². The lowest BCUT2D eigenvalue weighted by atomic mass is 10.0. The number of hydrogen-bond acceptors (Lipinski definition) is 4. The van der Waals surface area contributed by atoms with Crippen LogP contribution in [-0.4, -0.2) is 31.1 Å². The van der Waals surface area contributed by atoms with Crippen LogP contribution in [0, 0.1) is 0 Å². The number of carbonyl (C=O) groups excluding carboxylic acids is 2. The Balaban J connectivity index is 1.50. The lowest BCUT2D eigenvalue weighted by Crippen LogP contribution is -2.40. The number of nitrogens with zero attached hydrogens (tertiary/aromatic N) is 1. The molecule has 0 atom stereocenters. The van der Waals surface area contributed by atoms with E-state index in [-0.39, 0.29) is 17.0 Å². The molecule has 6 nitrogen and oxygen atoms in total. The highest BCUT2D eigenvalue weighted by molar-refractivity contribution is 7.90. The molecule has 0 spiro atoms. The number of carbonyl (C=O) groups is 2. The van der Waals surface area contributed by atoms with Crippen LogP contribution in [0.25, 0.3) is 10.8 Å². The summed E-state index contributed by atoms with van der Waals surface area (Å²) in [4.78, 5) is 24.6. The lowest BCUT2D eigenvalue weighted by Gasteiger charge is -2.15.